The largest absolute Gasteiger partial charge is 0.248 e. The molecule has 0 aliphatic carbocycles. The number of aryl methyl sites for hydroxylation is 1. The van der Waals surface area contributed by atoms with Crippen molar-refractivity contribution >= 4 is 6.08 Å². The van der Waals surface area contributed by atoms with Crippen LogP contribution in [-0.4, -0.2) is 14.8 Å². The van der Waals surface area contributed by atoms with Gasteiger partial charge in [-0.05, 0) is 17.5 Å². The van der Waals surface area contributed by atoms with Gasteiger partial charge in [-0.25, -0.2) is 9.67 Å². The average Bonchev–Trinajstić information content (AvgIpc) is 2.99. The van der Waals surface area contributed by atoms with Crippen LogP contribution in [0.2, 0.25) is 0 Å². The lowest BCUT2D eigenvalue weighted by Crippen LogP contribution is -2.01. The van der Waals surface area contributed by atoms with Crippen LogP contribution in [0.3, 0.4) is 0 Å². The molecule has 0 atom stereocenters. The van der Waals surface area contributed by atoms with E-state index in [9.17, 15) is 0 Å². The van der Waals surface area contributed by atoms with Crippen molar-refractivity contribution in [1.29, 1.82) is 0 Å². The maximum Gasteiger partial charge on any atom is 0.150 e. The maximum atomic E-state index is 4.57. The van der Waals surface area contributed by atoms with E-state index in [0.717, 1.165) is 24.4 Å². The fourth-order valence-corrected chi connectivity index (χ4v) is 2.53. The summed E-state index contributed by atoms with van der Waals surface area (Å²) in [4.78, 5) is 4.42. The van der Waals surface area contributed by atoms with E-state index in [4.69, 9.17) is 0 Å². The van der Waals surface area contributed by atoms with E-state index in [1.165, 1.54) is 44.1 Å². The van der Waals surface area contributed by atoms with Crippen molar-refractivity contribution in [3.05, 3.63) is 54.1 Å². The van der Waals surface area contributed by atoms with Gasteiger partial charge in [0.25, 0.3) is 0 Å². The lowest BCUT2D eigenvalue weighted by atomic mass is 10.1. The van der Waals surface area contributed by atoms with E-state index in [2.05, 4.69) is 47.9 Å². The molecule has 1 aromatic heterocycles. The summed E-state index contributed by atoms with van der Waals surface area (Å²) in [5.74, 6) is 0.971. The molecule has 0 spiro atoms. The highest BCUT2D eigenvalue weighted by Gasteiger charge is 2.02. The van der Waals surface area contributed by atoms with Gasteiger partial charge < -0.3 is 0 Å². The Balaban J connectivity index is 1.74. The summed E-state index contributed by atoms with van der Waals surface area (Å²) in [6.45, 7) is 6.80. The summed E-state index contributed by atoms with van der Waals surface area (Å²) in [6, 6.07) is 8.39. The summed E-state index contributed by atoms with van der Waals surface area (Å²) < 4.78 is 1.93. The van der Waals surface area contributed by atoms with Gasteiger partial charge in [0.2, 0.25) is 0 Å². The molecule has 3 heteroatoms. The van der Waals surface area contributed by atoms with Crippen LogP contribution >= 0.6 is 0 Å². The Kier molecular flexibility index (Phi) is 6.88. The average molecular weight is 297 g/mol. The second-order valence-corrected chi connectivity index (χ2v) is 5.82. The van der Waals surface area contributed by atoms with Crippen LogP contribution in [0.4, 0.5) is 0 Å². The lowest BCUT2D eigenvalue weighted by Gasteiger charge is -2.02. The van der Waals surface area contributed by atoms with Crippen LogP contribution in [0, 0.1) is 0 Å². The van der Waals surface area contributed by atoms with Crippen LogP contribution in [0.1, 0.15) is 62.4 Å². The van der Waals surface area contributed by atoms with E-state index < -0.39 is 0 Å². The molecule has 0 aliphatic heterocycles. The second-order valence-electron chi connectivity index (χ2n) is 5.82. The minimum atomic E-state index is 0.779. The zero-order valence-corrected chi connectivity index (χ0v) is 13.7. The number of rotatable bonds is 10. The molecule has 22 heavy (non-hydrogen) atoms. The second kappa shape index (κ2) is 9.19. The van der Waals surface area contributed by atoms with Gasteiger partial charge >= 0.3 is 0 Å². The number of hydrogen-bond donors (Lipinski definition) is 0. The van der Waals surface area contributed by atoms with Gasteiger partial charge in [-0.2, -0.15) is 5.10 Å². The van der Waals surface area contributed by atoms with Crippen molar-refractivity contribution in [1.82, 2.24) is 14.8 Å². The smallest absolute Gasteiger partial charge is 0.150 e. The molecule has 0 unspecified atom stereocenters. The molecule has 0 N–H and O–H groups in total. The molecular formula is C19H27N3. The van der Waals surface area contributed by atoms with Gasteiger partial charge in [0, 0.05) is 6.42 Å². The summed E-state index contributed by atoms with van der Waals surface area (Å²) in [6.07, 6.45) is 12.5. The molecular weight excluding hydrogens is 270 g/mol. The van der Waals surface area contributed by atoms with Crippen molar-refractivity contribution < 1.29 is 0 Å². The molecule has 2 rings (SSSR count). The minimum absolute atomic E-state index is 0.779. The molecule has 2 aromatic rings. The van der Waals surface area contributed by atoms with E-state index in [1.54, 1.807) is 0 Å². The molecule has 0 amide bonds. The highest BCUT2D eigenvalue weighted by molar-refractivity contribution is 5.47. The van der Waals surface area contributed by atoms with Gasteiger partial charge in [-0.1, -0.05) is 75.9 Å². The number of nitrogens with zero attached hydrogens (tertiary/aromatic N) is 3. The Morgan fingerprint density at radius 2 is 1.77 bits per heavy atom. The third kappa shape index (κ3) is 5.47. The van der Waals surface area contributed by atoms with Gasteiger partial charge in [0.1, 0.15) is 6.33 Å². The van der Waals surface area contributed by atoms with Crippen LogP contribution in [0.15, 0.2) is 37.2 Å². The Hall–Kier alpha value is -1.90. The SMILES string of the molecule is C=Cc1ccc(Cn2cnc(CCCCCCCC)n2)cc1. The van der Waals surface area contributed by atoms with Crippen molar-refractivity contribution in [3.63, 3.8) is 0 Å². The van der Waals surface area contributed by atoms with Crippen molar-refractivity contribution in [2.24, 2.45) is 0 Å². The number of aromatic nitrogens is 3. The molecule has 3 nitrogen and oxygen atoms in total. The van der Waals surface area contributed by atoms with E-state index in [0.29, 0.717) is 0 Å². The molecule has 0 fully saturated rings. The Labute approximate surface area is 134 Å². The van der Waals surface area contributed by atoms with Gasteiger partial charge in [0.05, 0.1) is 6.54 Å². The fourth-order valence-electron chi connectivity index (χ4n) is 2.53. The molecule has 1 aromatic carbocycles. The molecule has 118 valence electrons. The quantitative estimate of drug-likeness (QED) is 0.586. The predicted octanol–water partition coefficient (Wildman–Crippen LogP) is 4.87. The zero-order valence-electron chi connectivity index (χ0n) is 13.7. The first-order valence-corrected chi connectivity index (χ1v) is 8.41. The Morgan fingerprint density at radius 1 is 1.05 bits per heavy atom. The van der Waals surface area contributed by atoms with E-state index in [1.807, 2.05) is 17.1 Å². The molecule has 1 heterocycles. The van der Waals surface area contributed by atoms with Crippen molar-refractivity contribution in [3.8, 4) is 0 Å². The number of benzene rings is 1. The predicted molar refractivity (Wildman–Crippen MR) is 92.7 cm³/mol. The van der Waals surface area contributed by atoms with Crippen molar-refractivity contribution in [2.45, 2.75) is 58.4 Å². The Morgan fingerprint density at radius 3 is 2.50 bits per heavy atom. The van der Waals surface area contributed by atoms with E-state index in [-0.39, 0.29) is 0 Å². The summed E-state index contributed by atoms with van der Waals surface area (Å²) in [5.41, 5.74) is 2.38. The highest BCUT2D eigenvalue weighted by atomic mass is 15.3. The van der Waals surface area contributed by atoms with Crippen LogP contribution in [-0.2, 0) is 13.0 Å². The van der Waals surface area contributed by atoms with E-state index >= 15 is 0 Å². The minimum Gasteiger partial charge on any atom is -0.248 e. The number of hydrogen-bond acceptors (Lipinski definition) is 2. The molecule has 0 saturated heterocycles. The zero-order chi connectivity index (χ0) is 15.6. The third-order valence-corrected chi connectivity index (χ3v) is 3.90. The Bertz CT molecular complexity index is 554. The fraction of sp³-hybridized carbons (Fsp3) is 0.474. The monoisotopic (exact) mass is 297 g/mol. The van der Waals surface area contributed by atoms with Crippen molar-refractivity contribution in [2.75, 3.05) is 0 Å². The van der Waals surface area contributed by atoms with Gasteiger partial charge in [0.15, 0.2) is 5.82 Å². The summed E-state index contributed by atoms with van der Waals surface area (Å²) >= 11 is 0. The molecule has 0 bridgehead atoms. The lowest BCUT2D eigenvalue weighted by molar-refractivity contribution is 0.596. The van der Waals surface area contributed by atoms with Crippen LogP contribution < -0.4 is 0 Å². The van der Waals surface area contributed by atoms with Crippen LogP contribution in [0.5, 0.6) is 0 Å². The highest BCUT2D eigenvalue weighted by Crippen LogP contribution is 2.09. The van der Waals surface area contributed by atoms with Gasteiger partial charge in [-0.3, -0.25) is 0 Å². The van der Waals surface area contributed by atoms with Gasteiger partial charge in [-0.15, -0.1) is 0 Å². The standard InChI is InChI=1S/C19H27N3/c1-3-5-6-7-8-9-10-19-20-16-22(21-19)15-18-13-11-17(4-2)12-14-18/h4,11-14,16H,2-3,5-10,15H2,1H3. The first kappa shape index (κ1) is 16.5. The molecule has 0 aliphatic rings. The molecule has 0 radical (unpaired) electrons. The first-order valence-electron chi connectivity index (χ1n) is 8.41. The summed E-state index contributed by atoms with van der Waals surface area (Å²) in [7, 11) is 0. The normalized spacial score (nSPS) is 10.8. The topological polar surface area (TPSA) is 30.7 Å². The summed E-state index contributed by atoms with van der Waals surface area (Å²) in [5, 5.41) is 4.57. The first-order chi connectivity index (χ1) is 10.8. The van der Waals surface area contributed by atoms with Crippen LogP contribution in [0.25, 0.3) is 6.08 Å². The third-order valence-electron chi connectivity index (χ3n) is 3.90. The molecule has 0 saturated carbocycles. The number of unbranched alkanes of at least 4 members (excludes halogenated alkanes) is 5. The maximum absolute atomic E-state index is 4.57.